The van der Waals surface area contributed by atoms with Gasteiger partial charge in [-0.1, -0.05) is 12.1 Å². The van der Waals surface area contributed by atoms with E-state index < -0.39 is 5.92 Å². The van der Waals surface area contributed by atoms with Crippen LogP contribution < -0.4 is 14.8 Å². The van der Waals surface area contributed by atoms with Gasteiger partial charge in [0.1, 0.15) is 11.5 Å². The van der Waals surface area contributed by atoms with Gasteiger partial charge >= 0.3 is 0 Å². The van der Waals surface area contributed by atoms with Gasteiger partial charge in [0.2, 0.25) is 5.91 Å². The average Bonchev–Trinajstić information content (AvgIpc) is 3.22. The first-order valence-electron chi connectivity index (χ1n) is 10.1. The number of aryl methyl sites for hydroxylation is 1. The number of imide groups is 1. The number of rotatable bonds is 3. The van der Waals surface area contributed by atoms with Gasteiger partial charge in [0, 0.05) is 54.5 Å². The van der Waals surface area contributed by atoms with E-state index in [0.717, 1.165) is 33.4 Å². The first-order chi connectivity index (χ1) is 14.9. The van der Waals surface area contributed by atoms with Gasteiger partial charge in [0.15, 0.2) is 0 Å². The SMILES string of the molecule is COc1ccc([C@H]2C3=C(CN(C(C)=O)C3=O)Nc3cccc4c3c2cn4C)c(OC)c1. The van der Waals surface area contributed by atoms with Crippen LogP contribution in [0.5, 0.6) is 11.5 Å². The Morgan fingerprint density at radius 1 is 1.13 bits per heavy atom. The van der Waals surface area contributed by atoms with Gasteiger partial charge in [-0.15, -0.1) is 0 Å². The fourth-order valence-corrected chi connectivity index (χ4v) is 4.75. The van der Waals surface area contributed by atoms with Gasteiger partial charge in [-0.25, -0.2) is 0 Å². The Morgan fingerprint density at radius 2 is 1.94 bits per heavy atom. The zero-order valence-corrected chi connectivity index (χ0v) is 17.9. The Morgan fingerprint density at radius 3 is 2.65 bits per heavy atom. The fourth-order valence-electron chi connectivity index (χ4n) is 4.75. The molecule has 0 aliphatic carbocycles. The van der Waals surface area contributed by atoms with Gasteiger partial charge in [-0.3, -0.25) is 14.5 Å². The molecule has 1 aromatic heterocycles. The van der Waals surface area contributed by atoms with Crippen molar-refractivity contribution < 1.29 is 19.1 Å². The Bertz CT molecular complexity index is 1290. The number of carbonyl (C=O) groups is 2. The summed E-state index contributed by atoms with van der Waals surface area (Å²) >= 11 is 0. The molecule has 0 unspecified atom stereocenters. The van der Waals surface area contributed by atoms with Crippen molar-refractivity contribution >= 4 is 28.4 Å². The standard InChI is InChI=1S/C24H23N3O4/c1-13(28)27-12-18-23(24(27)29)21(15-9-8-14(30-3)10-20(15)31-4)16-11-26(2)19-7-5-6-17(25-18)22(16)19/h5-11,21,25H,12H2,1-4H3/t21-/m1/s1. The molecule has 31 heavy (non-hydrogen) atoms. The highest BCUT2D eigenvalue weighted by Gasteiger charge is 2.42. The van der Waals surface area contributed by atoms with E-state index in [4.69, 9.17) is 9.47 Å². The van der Waals surface area contributed by atoms with Crippen molar-refractivity contribution in [1.29, 1.82) is 0 Å². The number of benzene rings is 2. The smallest absolute Gasteiger partial charge is 0.259 e. The summed E-state index contributed by atoms with van der Waals surface area (Å²) in [4.78, 5) is 26.9. The van der Waals surface area contributed by atoms with Crippen molar-refractivity contribution in [3.8, 4) is 11.5 Å². The second kappa shape index (κ2) is 6.91. The molecule has 0 fully saturated rings. The summed E-state index contributed by atoms with van der Waals surface area (Å²) in [5.41, 5.74) is 5.15. The number of anilines is 1. The number of ether oxygens (including phenoxy) is 2. The average molecular weight is 417 g/mol. The van der Waals surface area contributed by atoms with Crippen LogP contribution in [0.3, 0.4) is 0 Å². The number of hydrogen-bond acceptors (Lipinski definition) is 5. The number of amides is 2. The van der Waals surface area contributed by atoms with Crippen LogP contribution in [-0.4, -0.2) is 42.0 Å². The van der Waals surface area contributed by atoms with E-state index in [1.54, 1.807) is 14.2 Å². The van der Waals surface area contributed by atoms with Crippen LogP contribution in [-0.2, 0) is 16.6 Å². The molecule has 0 spiro atoms. The topological polar surface area (TPSA) is 72.8 Å². The summed E-state index contributed by atoms with van der Waals surface area (Å²) in [6.07, 6.45) is 2.06. The minimum Gasteiger partial charge on any atom is -0.497 e. The van der Waals surface area contributed by atoms with Crippen LogP contribution in [0, 0.1) is 0 Å². The second-order valence-corrected chi connectivity index (χ2v) is 7.86. The lowest BCUT2D eigenvalue weighted by Gasteiger charge is -2.22. The number of aromatic nitrogens is 1. The maximum atomic E-state index is 13.5. The Kier molecular flexibility index (Phi) is 4.28. The Labute approximate surface area is 179 Å². The van der Waals surface area contributed by atoms with E-state index >= 15 is 0 Å². The van der Waals surface area contributed by atoms with Crippen LogP contribution in [0.1, 0.15) is 24.0 Å². The lowest BCUT2D eigenvalue weighted by Crippen LogP contribution is -2.33. The van der Waals surface area contributed by atoms with E-state index in [0.29, 0.717) is 17.1 Å². The zero-order valence-electron chi connectivity index (χ0n) is 17.9. The molecule has 3 aromatic rings. The van der Waals surface area contributed by atoms with Gasteiger partial charge < -0.3 is 19.4 Å². The summed E-state index contributed by atoms with van der Waals surface area (Å²) in [5.74, 6) is 0.354. The van der Waals surface area contributed by atoms with Crippen LogP contribution in [0.15, 0.2) is 53.9 Å². The number of hydrogen-bond donors (Lipinski definition) is 1. The number of nitrogens with one attached hydrogen (secondary N) is 1. The van der Waals surface area contributed by atoms with Gasteiger partial charge in [-0.05, 0) is 23.8 Å². The molecule has 7 heteroatoms. The van der Waals surface area contributed by atoms with Gasteiger partial charge in [0.05, 0.1) is 31.9 Å². The molecule has 0 bridgehead atoms. The number of methoxy groups -OCH3 is 2. The second-order valence-electron chi connectivity index (χ2n) is 7.86. The largest absolute Gasteiger partial charge is 0.497 e. The molecular formula is C24H23N3O4. The summed E-state index contributed by atoms with van der Waals surface area (Å²) in [5, 5.41) is 4.52. The molecule has 1 N–H and O–H groups in total. The molecule has 5 rings (SSSR count). The van der Waals surface area contributed by atoms with Crippen LogP contribution in [0.25, 0.3) is 10.9 Å². The number of carbonyl (C=O) groups excluding carboxylic acids is 2. The minimum atomic E-state index is -0.396. The molecular weight excluding hydrogens is 394 g/mol. The summed E-state index contributed by atoms with van der Waals surface area (Å²) < 4.78 is 13.1. The third-order valence-electron chi connectivity index (χ3n) is 6.18. The van der Waals surface area contributed by atoms with Crippen molar-refractivity contribution in [1.82, 2.24) is 9.47 Å². The molecule has 0 saturated carbocycles. The van der Waals surface area contributed by atoms with E-state index in [2.05, 4.69) is 22.1 Å². The number of nitrogens with zero attached hydrogens (tertiary/aromatic N) is 2. The highest BCUT2D eigenvalue weighted by Crippen LogP contribution is 2.48. The molecule has 2 aliphatic rings. The van der Waals surface area contributed by atoms with Crippen molar-refractivity contribution in [2.24, 2.45) is 7.05 Å². The van der Waals surface area contributed by atoms with Gasteiger partial charge in [-0.2, -0.15) is 0 Å². The molecule has 0 saturated heterocycles. The minimum absolute atomic E-state index is 0.227. The van der Waals surface area contributed by atoms with Crippen molar-refractivity contribution in [2.75, 3.05) is 26.1 Å². The summed E-state index contributed by atoms with van der Waals surface area (Å²) in [6, 6.07) is 11.7. The van der Waals surface area contributed by atoms with E-state index in [-0.39, 0.29) is 18.4 Å². The molecule has 2 aliphatic heterocycles. The lowest BCUT2D eigenvalue weighted by molar-refractivity contribution is -0.139. The molecule has 158 valence electrons. The molecule has 0 radical (unpaired) electrons. The maximum Gasteiger partial charge on any atom is 0.259 e. The predicted molar refractivity (Wildman–Crippen MR) is 117 cm³/mol. The van der Waals surface area contributed by atoms with Gasteiger partial charge in [0.25, 0.3) is 5.91 Å². The first-order valence-corrected chi connectivity index (χ1v) is 10.1. The van der Waals surface area contributed by atoms with Crippen molar-refractivity contribution in [3.63, 3.8) is 0 Å². The molecule has 2 amide bonds. The highest BCUT2D eigenvalue weighted by molar-refractivity contribution is 6.11. The van der Waals surface area contributed by atoms with Crippen molar-refractivity contribution in [2.45, 2.75) is 12.8 Å². The molecule has 1 atom stereocenters. The van der Waals surface area contributed by atoms with Crippen LogP contribution >= 0.6 is 0 Å². The van der Waals surface area contributed by atoms with Crippen LogP contribution in [0.4, 0.5) is 5.69 Å². The van der Waals surface area contributed by atoms with E-state index in [1.807, 2.05) is 37.4 Å². The lowest BCUT2D eigenvalue weighted by atomic mass is 9.84. The zero-order chi connectivity index (χ0) is 21.9. The summed E-state index contributed by atoms with van der Waals surface area (Å²) in [6.45, 7) is 1.65. The van der Waals surface area contributed by atoms with E-state index in [1.165, 1.54) is 11.8 Å². The van der Waals surface area contributed by atoms with E-state index in [9.17, 15) is 9.59 Å². The molecule has 3 heterocycles. The van der Waals surface area contributed by atoms with Crippen molar-refractivity contribution in [3.05, 3.63) is 65.0 Å². The van der Waals surface area contributed by atoms with Crippen LogP contribution in [0.2, 0.25) is 0 Å². The maximum absolute atomic E-state index is 13.5. The third kappa shape index (κ3) is 2.73. The Balaban J connectivity index is 1.82. The fraction of sp³-hybridized carbons (Fsp3) is 0.250. The monoisotopic (exact) mass is 417 g/mol. The summed E-state index contributed by atoms with van der Waals surface area (Å²) in [7, 11) is 5.20. The quantitative estimate of drug-likeness (QED) is 0.707. The Hall–Kier alpha value is -3.74. The highest BCUT2D eigenvalue weighted by atomic mass is 16.5. The molecule has 7 nitrogen and oxygen atoms in total. The predicted octanol–water partition coefficient (Wildman–Crippen LogP) is 3.40. The normalized spacial score (nSPS) is 17.5. The molecule has 2 aromatic carbocycles. The first kappa shape index (κ1) is 19.2. The third-order valence-corrected chi connectivity index (χ3v) is 6.18.